The van der Waals surface area contributed by atoms with E-state index >= 15 is 0 Å². The van der Waals surface area contributed by atoms with E-state index in [0.717, 1.165) is 24.6 Å². The predicted molar refractivity (Wildman–Crippen MR) is 72.6 cm³/mol. The van der Waals surface area contributed by atoms with E-state index in [4.69, 9.17) is 14.2 Å². The molecule has 1 aliphatic rings. The summed E-state index contributed by atoms with van der Waals surface area (Å²) in [7, 11) is 1.69. The van der Waals surface area contributed by atoms with Crippen LogP contribution in [-0.2, 0) is 16.0 Å². The molecule has 108 valence electrons. The fourth-order valence-corrected chi connectivity index (χ4v) is 2.14. The SMILES string of the molecule is COCCCOCCOc1nnc(CNC2CC2)s1. The first-order valence-corrected chi connectivity index (χ1v) is 7.45. The third-order valence-electron chi connectivity index (χ3n) is 2.66. The Kier molecular flexibility index (Phi) is 6.49. The molecule has 7 heteroatoms. The Morgan fingerprint density at radius 3 is 2.89 bits per heavy atom. The fourth-order valence-electron chi connectivity index (χ4n) is 1.48. The molecule has 0 aromatic carbocycles. The van der Waals surface area contributed by atoms with Gasteiger partial charge in [0.1, 0.15) is 11.6 Å². The molecule has 1 heterocycles. The van der Waals surface area contributed by atoms with Crippen molar-refractivity contribution in [1.29, 1.82) is 0 Å². The molecule has 1 aliphatic carbocycles. The van der Waals surface area contributed by atoms with Gasteiger partial charge in [-0.15, -0.1) is 10.2 Å². The number of nitrogens with one attached hydrogen (secondary N) is 1. The number of nitrogens with zero attached hydrogens (tertiary/aromatic N) is 2. The van der Waals surface area contributed by atoms with Crippen LogP contribution in [0.1, 0.15) is 24.3 Å². The lowest BCUT2D eigenvalue weighted by Crippen LogP contribution is -2.14. The smallest absolute Gasteiger partial charge is 0.294 e. The van der Waals surface area contributed by atoms with Gasteiger partial charge in [0.25, 0.3) is 5.19 Å². The minimum atomic E-state index is 0.512. The van der Waals surface area contributed by atoms with Crippen LogP contribution in [-0.4, -0.2) is 49.8 Å². The van der Waals surface area contributed by atoms with Crippen LogP contribution in [0.2, 0.25) is 0 Å². The minimum absolute atomic E-state index is 0.512. The highest BCUT2D eigenvalue weighted by atomic mass is 32.1. The van der Waals surface area contributed by atoms with Crippen molar-refractivity contribution < 1.29 is 14.2 Å². The normalized spacial score (nSPS) is 14.8. The van der Waals surface area contributed by atoms with Crippen molar-refractivity contribution in [2.45, 2.75) is 31.8 Å². The Morgan fingerprint density at radius 2 is 2.11 bits per heavy atom. The predicted octanol–water partition coefficient (Wildman–Crippen LogP) is 1.22. The average Bonchev–Trinajstić information content (AvgIpc) is 3.15. The first kappa shape index (κ1) is 14.6. The van der Waals surface area contributed by atoms with E-state index in [9.17, 15) is 0 Å². The van der Waals surface area contributed by atoms with E-state index in [2.05, 4.69) is 15.5 Å². The molecule has 6 nitrogen and oxygen atoms in total. The second kappa shape index (κ2) is 8.42. The van der Waals surface area contributed by atoms with Gasteiger partial charge in [0.15, 0.2) is 0 Å². The maximum Gasteiger partial charge on any atom is 0.294 e. The van der Waals surface area contributed by atoms with Crippen LogP contribution >= 0.6 is 11.3 Å². The molecule has 1 fully saturated rings. The Bertz CT molecular complexity index is 358. The zero-order chi connectivity index (χ0) is 13.3. The second-order valence-corrected chi connectivity index (χ2v) is 5.45. The lowest BCUT2D eigenvalue weighted by atomic mass is 10.5. The summed E-state index contributed by atoms with van der Waals surface area (Å²) >= 11 is 1.49. The molecule has 0 radical (unpaired) electrons. The Labute approximate surface area is 117 Å². The second-order valence-electron chi connectivity index (χ2n) is 4.42. The molecule has 0 unspecified atom stereocenters. The Balaban J connectivity index is 1.50. The first-order chi connectivity index (χ1) is 9.38. The highest BCUT2D eigenvalue weighted by molar-refractivity contribution is 7.13. The molecular weight excluding hydrogens is 266 g/mol. The largest absolute Gasteiger partial charge is 0.466 e. The van der Waals surface area contributed by atoms with Gasteiger partial charge < -0.3 is 19.5 Å². The van der Waals surface area contributed by atoms with Crippen molar-refractivity contribution >= 4 is 11.3 Å². The molecule has 0 aliphatic heterocycles. The minimum Gasteiger partial charge on any atom is -0.466 e. The highest BCUT2D eigenvalue weighted by Gasteiger charge is 2.20. The van der Waals surface area contributed by atoms with Crippen molar-refractivity contribution in [3.8, 4) is 5.19 Å². The summed E-state index contributed by atoms with van der Waals surface area (Å²) in [6, 6.07) is 0.689. The van der Waals surface area contributed by atoms with Gasteiger partial charge in [0.2, 0.25) is 0 Å². The van der Waals surface area contributed by atoms with Crippen molar-refractivity contribution in [3.05, 3.63) is 5.01 Å². The van der Waals surface area contributed by atoms with E-state index in [-0.39, 0.29) is 0 Å². The van der Waals surface area contributed by atoms with E-state index in [1.807, 2.05) is 0 Å². The van der Waals surface area contributed by atoms with E-state index in [1.54, 1.807) is 7.11 Å². The molecule has 1 saturated carbocycles. The summed E-state index contributed by atoms with van der Waals surface area (Å²) in [6.07, 6.45) is 3.47. The van der Waals surface area contributed by atoms with Crippen LogP contribution < -0.4 is 10.1 Å². The number of rotatable bonds is 11. The van der Waals surface area contributed by atoms with Crippen molar-refractivity contribution in [3.63, 3.8) is 0 Å². The molecule has 2 rings (SSSR count). The molecule has 0 amide bonds. The van der Waals surface area contributed by atoms with Gasteiger partial charge in [-0.3, -0.25) is 0 Å². The summed E-state index contributed by atoms with van der Waals surface area (Å²) in [4.78, 5) is 0. The number of ether oxygens (including phenoxy) is 3. The van der Waals surface area contributed by atoms with Gasteiger partial charge in [0, 0.05) is 26.4 Å². The van der Waals surface area contributed by atoms with Gasteiger partial charge in [-0.1, -0.05) is 11.3 Å². The molecular formula is C12H21N3O3S. The third kappa shape index (κ3) is 6.29. The summed E-state index contributed by atoms with van der Waals surface area (Å²) < 4.78 is 15.8. The molecule has 1 N–H and O–H groups in total. The first-order valence-electron chi connectivity index (χ1n) is 6.63. The summed E-state index contributed by atoms with van der Waals surface area (Å²) in [5, 5.41) is 13.1. The van der Waals surface area contributed by atoms with Gasteiger partial charge >= 0.3 is 0 Å². The van der Waals surface area contributed by atoms with Crippen molar-refractivity contribution in [2.75, 3.05) is 33.5 Å². The molecule has 0 saturated heterocycles. The van der Waals surface area contributed by atoms with E-state index in [0.29, 0.717) is 31.1 Å². The van der Waals surface area contributed by atoms with Gasteiger partial charge in [-0.05, 0) is 19.3 Å². The van der Waals surface area contributed by atoms with Crippen LogP contribution in [0, 0.1) is 0 Å². The summed E-state index contributed by atoms with van der Waals surface area (Å²) in [6.45, 7) is 3.30. The zero-order valence-corrected chi connectivity index (χ0v) is 12.1. The third-order valence-corrected chi connectivity index (χ3v) is 3.49. The number of hydrogen-bond acceptors (Lipinski definition) is 7. The summed E-state index contributed by atoms with van der Waals surface area (Å²) in [5.41, 5.74) is 0. The molecule has 19 heavy (non-hydrogen) atoms. The topological polar surface area (TPSA) is 65.5 Å². The summed E-state index contributed by atoms with van der Waals surface area (Å²) in [5.74, 6) is 0. The van der Waals surface area contributed by atoms with E-state index < -0.39 is 0 Å². The van der Waals surface area contributed by atoms with Gasteiger partial charge in [-0.2, -0.15) is 0 Å². The quantitative estimate of drug-likeness (QED) is 0.617. The Hall–Kier alpha value is -0.760. The lowest BCUT2D eigenvalue weighted by Gasteiger charge is -2.03. The number of methoxy groups -OCH3 is 1. The van der Waals surface area contributed by atoms with Crippen LogP contribution in [0.25, 0.3) is 0 Å². The maximum absolute atomic E-state index is 5.48. The van der Waals surface area contributed by atoms with Gasteiger partial charge in [0.05, 0.1) is 13.2 Å². The average molecular weight is 287 g/mol. The Morgan fingerprint density at radius 1 is 1.21 bits per heavy atom. The van der Waals surface area contributed by atoms with Crippen LogP contribution in [0.3, 0.4) is 0 Å². The molecule has 1 aromatic heterocycles. The standard InChI is InChI=1S/C12H21N3O3S/c1-16-5-2-6-17-7-8-18-12-15-14-11(19-12)9-13-10-3-4-10/h10,13H,2-9H2,1H3. The molecule has 1 aromatic rings. The monoisotopic (exact) mass is 287 g/mol. The van der Waals surface area contributed by atoms with Crippen molar-refractivity contribution in [1.82, 2.24) is 15.5 Å². The molecule has 0 bridgehead atoms. The molecule has 0 atom stereocenters. The highest BCUT2D eigenvalue weighted by Crippen LogP contribution is 2.21. The van der Waals surface area contributed by atoms with Crippen LogP contribution in [0.5, 0.6) is 5.19 Å². The lowest BCUT2D eigenvalue weighted by molar-refractivity contribution is 0.0804. The van der Waals surface area contributed by atoms with Crippen molar-refractivity contribution in [2.24, 2.45) is 0 Å². The number of hydrogen-bond donors (Lipinski definition) is 1. The van der Waals surface area contributed by atoms with Crippen LogP contribution in [0.15, 0.2) is 0 Å². The zero-order valence-electron chi connectivity index (χ0n) is 11.3. The fraction of sp³-hybridized carbons (Fsp3) is 0.833. The van der Waals surface area contributed by atoms with Gasteiger partial charge in [-0.25, -0.2) is 0 Å². The van der Waals surface area contributed by atoms with Crippen LogP contribution in [0.4, 0.5) is 0 Å². The number of aromatic nitrogens is 2. The van der Waals surface area contributed by atoms with E-state index in [1.165, 1.54) is 24.2 Å². The maximum atomic E-state index is 5.48. The molecule has 0 spiro atoms.